The molecule has 0 aliphatic heterocycles. The zero-order chi connectivity index (χ0) is 14.7. The lowest BCUT2D eigenvalue weighted by Gasteiger charge is -2.12. The topological polar surface area (TPSA) is 42.7 Å². The Hall–Kier alpha value is -2.20. The maximum atomic E-state index is 4.31. The van der Waals surface area contributed by atoms with Crippen molar-refractivity contribution >= 4 is 11.0 Å². The van der Waals surface area contributed by atoms with Crippen LogP contribution >= 0.6 is 0 Å². The molecule has 3 aromatic rings. The summed E-state index contributed by atoms with van der Waals surface area (Å²) in [6, 6.07) is 16.4. The SMILES string of the molecule is CC(C)CNCc1ccccc1-n1nnc2ccccc21. The highest BCUT2D eigenvalue weighted by Gasteiger charge is 2.09. The summed E-state index contributed by atoms with van der Waals surface area (Å²) in [6.07, 6.45) is 0. The molecule has 1 aromatic heterocycles. The highest BCUT2D eigenvalue weighted by Crippen LogP contribution is 2.19. The van der Waals surface area contributed by atoms with Crippen molar-refractivity contribution in [1.82, 2.24) is 20.3 Å². The van der Waals surface area contributed by atoms with Gasteiger partial charge in [-0.15, -0.1) is 5.10 Å². The van der Waals surface area contributed by atoms with Crippen LogP contribution in [-0.2, 0) is 6.54 Å². The first-order valence-electron chi connectivity index (χ1n) is 7.35. The number of hydrogen-bond acceptors (Lipinski definition) is 3. The van der Waals surface area contributed by atoms with Crippen LogP contribution in [0.3, 0.4) is 0 Å². The molecule has 0 saturated carbocycles. The number of aromatic nitrogens is 3. The molecule has 108 valence electrons. The Balaban J connectivity index is 1.95. The summed E-state index contributed by atoms with van der Waals surface area (Å²) >= 11 is 0. The predicted octanol–water partition coefficient (Wildman–Crippen LogP) is 3.17. The molecule has 2 aromatic carbocycles. The zero-order valence-corrected chi connectivity index (χ0v) is 12.5. The Labute approximate surface area is 124 Å². The van der Waals surface area contributed by atoms with Crippen molar-refractivity contribution in [3.8, 4) is 5.69 Å². The summed E-state index contributed by atoms with van der Waals surface area (Å²) in [5.41, 5.74) is 4.27. The molecule has 0 aliphatic rings. The minimum absolute atomic E-state index is 0.643. The van der Waals surface area contributed by atoms with Crippen molar-refractivity contribution in [2.75, 3.05) is 6.54 Å². The van der Waals surface area contributed by atoms with Crippen molar-refractivity contribution in [1.29, 1.82) is 0 Å². The standard InChI is InChI=1S/C17H20N4/c1-13(2)11-18-12-14-7-3-5-9-16(14)21-17-10-6-4-8-15(17)19-20-21/h3-10,13,18H,11-12H2,1-2H3. The Bertz CT molecular complexity index is 730. The summed E-state index contributed by atoms with van der Waals surface area (Å²) in [5.74, 6) is 0.643. The van der Waals surface area contributed by atoms with Gasteiger partial charge in [0, 0.05) is 6.54 Å². The summed E-state index contributed by atoms with van der Waals surface area (Å²) in [6.45, 7) is 6.27. The average molecular weight is 280 g/mol. The lowest BCUT2D eigenvalue weighted by Crippen LogP contribution is -2.20. The number of para-hydroxylation sites is 2. The molecule has 4 heteroatoms. The fourth-order valence-corrected chi connectivity index (χ4v) is 2.41. The summed E-state index contributed by atoms with van der Waals surface area (Å²) in [7, 11) is 0. The van der Waals surface area contributed by atoms with Crippen molar-refractivity contribution in [3.63, 3.8) is 0 Å². The van der Waals surface area contributed by atoms with Gasteiger partial charge in [0.05, 0.1) is 11.2 Å². The van der Waals surface area contributed by atoms with E-state index in [9.17, 15) is 0 Å². The van der Waals surface area contributed by atoms with E-state index in [1.807, 2.05) is 35.0 Å². The Morgan fingerprint density at radius 2 is 1.81 bits per heavy atom. The smallest absolute Gasteiger partial charge is 0.113 e. The Morgan fingerprint density at radius 3 is 2.67 bits per heavy atom. The van der Waals surface area contributed by atoms with Crippen LogP contribution in [0.4, 0.5) is 0 Å². The van der Waals surface area contributed by atoms with Crippen LogP contribution in [0.15, 0.2) is 48.5 Å². The van der Waals surface area contributed by atoms with E-state index in [4.69, 9.17) is 0 Å². The molecule has 0 fully saturated rings. The van der Waals surface area contributed by atoms with Crippen LogP contribution in [0.2, 0.25) is 0 Å². The maximum absolute atomic E-state index is 4.31. The van der Waals surface area contributed by atoms with Gasteiger partial charge in [0.1, 0.15) is 5.52 Å². The van der Waals surface area contributed by atoms with E-state index >= 15 is 0 Å². The van der Waals surface area contributed by atoms with Crippen LogP contribution in [0.5, 0.6) is 0 Å². The Morgan fingerprint density at radius 1 is 1.05 bits per heavy atom. The minimum atomic E-state index is 0.643. The van der Waals surface area contributed by atoms with E-state index in [0.29, 0.717) is 5.92 Å². The molecule has 4 nitrogen and oxygen atoms in total. The van der Waals surface area contributed by atoms with E-state index in [0.717, 1.165) is 29.8 Å². The van der Waals surface area contributed by atoms with Crippen LogP contribution in [0.25, 0.3) is 16.7 Å². The highest BCUT2D eigenvalue weighted by molar-refractivity contribution is 5.76. The summed E-state index contributed by atoms with van der Waals surface area (Å²) in [4.78, 5) is 0. The first-order chi connectivity index (χ1) is 10.3. The number of benzene rings is 2. The van der Waals surface area contributed by atoms with Gasteiger partial charge in [-0.25, -0.2) is 4.68 Å². The molecular weight excluding hydrogens is 260 g/mol. The number of hydrogen-bond donors (Lipinski definition) is 1. The van der Waals surface area contributed by atoms with Gasteiger partial charge < -0.3 is 5.32 Å². The van der Waals surface area contributed by atoms with E-state index < -0.39 is 0 Å². The van der Waals surface area contributed by atoms with Crippen LogP contribution < -0.4 is 5.32 Å². The lowest BCUT2D eigenvalue weighted by molar-refractivity contribution is 0.551. The molecule has 0 unspecified atom stereocenters. The van der Waals surface area contributed by atoms with Gasteiger partial charge in [-0.2, -0.15) is 0 Å². The van der Waals surface area contributed by atoms with E-state index in [-0.39, 0.29) is 0 Å². The fourth-order valence-electron chi connectivity index (χ4n) is 2.41. The van der Waals surface area contributed by atoms with Gasteiger partial charge in [-0.05, 0) is 36.2 Å². The zero-order valence-electron chi connectivity index (χ0n) is 12.5. The lowest BCUT2D eigenvalue weighted by atomic mass is 10.1. The van der Waals surface area contributed by atoms with Crippen LogP contribution in [-0.4, -0.2) is 21.5 Å². The second kappa shape index (κ2) is 6.06. The molecule has 0 aliphatic carbocycles. The number of fused-ring (bicyclic) bond motifs is 1. The molecule has 0 amide bonds. The number of nitrogens with one attached hydrogen (secondary N) is 1. The molecule has 0 spiro atoms. The second-order valence-electron chi connectivity index (χ2n) is 5.64. The largest absolute Gasteiger partial charge is 0.312 e. The molecule has 3 rings (SSSR count). The number of rotatable bonds is 5. The molecule has 0 atom stereocenters. The van der Waals surface area contributed by atoms with E-state index in [2.05, 4.69) is 47.7 Å². The van der Waals surface area contributed by atoms with Crippen LogP contribution in [0, 0.1) is 5.92 Å². The first kappa shape index (κ1) is 13.8. The third kappa shape index (κ3) is 2.95. The van der Waals surface area contributed by atoms with Crippen molar-refractivity contribution in [2.45, 2.75) is 20.4 Å². The molecule has 1 N–H and O–H groups in total. The van der Waals surface area contributed by atoms with Gasteiger partial charge >= 0.3 is 0 Å². The van der Waals surface area contributed by atoms with E-state index in [1.54, 1.807) is 0 Å². The van der Waals surface area contributed by atoms with Crippen molar-refractivity contribution in [3.05, 3.63) is 54.1 Å². The van der Waals surface area contributed by atoms with Gasteiger partial charge in [-0.1, -0.05) is 49.4 Å². The Kier molecular flexibility index (Phi) is 3.97. The second-order valence-corrected chi connectivity index (χ2v) is 5.64. The van der Waals surface area contributed by atoms with E-state index in [1.165, 1.54) is 5.56 Å². The number of nitrogens with zero attached hydrogens (tertiary/aromatic N) is 3. The highest BCUT2D eigenvalue weighted by atomic mass is 15.4. The molecule has 21 heavy (non-hydrogen) atoms. The molecule has 1 heterocycles. The summed E-state index contributed by atoms with van der Waals surface area (Å²) < 4.78 is 1.92. The van der Waals surface area contributed by atoms with Gasteiger partial charge in [0.2, 0.25) is 0 Å². The fraction of sp³-hybridized carbons (Fsp3) is 0.294. The summed E-state index contributed by atoms with van der Waals surface area (Å²) in [5, 5.41) is 12.0. The van der Waals surface area contributed by atoms with Crippen LogP contribution in [0.1, 0.15) is 19.4 Å². The van der Waals surface area contributed by atoms with Crippen molar-refractivity contribution < 1.29 is 0 Å². The predicted molar refractivity (Wildman–Crippen MR) is 85.4 cm³/mol. The van der Waals surface area contributed by atoms with Gasteiger partial charge in [0.15, 0.2) is 0 Å². The van der Waals surface area contributed by atoms with Gasteiger partial charge in [-0.3, -0.25) is 0 Å². The first-order valence-corrected chi connectivity index (χ1v) is 7.35. The maximum Gasteiger partial charge on any atom is 0.113 e. The molecular formula is C17H20N4. The third-order valence-electron chi connectivity index (χ3n) is 3.44. The molecule has 0 radical (unpaired) electrons. The van der Waals surface area contributed by atoms with Crippen molar-refractivity contribution in [2.24, 2.45) is 5.92 Å². The van der Waals surface area contributed by atoms with Gasteiger partial charge in [0.25, 0.3) is 0 Å². The monoisotopic (exact) mass is 280 g/mol. The molecule has 0 saturated heterocycles. The normalized spacial score (nSPS) is 11.4. The quantitative estimate of drug-likeness (QED) is 0.780. The molecule has 0 bridgehead atoms. The minimum Gasteiger partial charge on any atom is -0.312 e. The average Bonchev–Trinajstić information content (AvgIpc) is 2.91. The third-order valence-corrected chi connectivity index (χ3v) is 3.44.